The number of amides is 2. The molecule has 0 saturated carbocycles. The third kappa shape index (κ3) is 3.48. The number of hydrogen-bond donors (Lipinski definition) is 2. The minimum atomic E-state index is -0.975. The normalized spacial score (nSPS) is 19.2. The van der Waals surface area contributed by atoms with Gasteiger partial charge in [0.25, 0.3) is 0 Å². The molecule has 92 valence electrons. The molecular weight excluding hydrogens is 248 g/mol. The van der Waals surface area contributed by atoms with Crippen LogP contribution < -0.4 is 11.1 Å². The van der Waals surface area contributed by atoms with Gasteiger partial charge in [-0.3, -0.25) is 4.79 Å². The van der Waals surface area contributed by atoms with Crippen LogP contribution in [0.3, 0.4) is 0 Å². The van der Waals surface area contributed by atoms with Gasteiger partial charge in [0.1, 0.15) is 11.1 Å². The van der Waals surface area contributed by atoms with Gasteiger partial charge in [-0.1, -0.05) is 21.6 Å². The number of primary amides is 1. The molecule has 1 aliphatic heterocycles. The highest BCUT2D eigenvalue weighted by Gasteiger charge is 2.43. The third-order valence-electron chi connectivity index (χ3n) is 1.91. The van der Waals surface area contributed by atoms with Crippen LogP contribution in [0, 0.1) is 0 Å². The van der Waals surface area contributed by atoms with Crippen LogP contribution in [0.1, 0.15) is 20.8 Å². The van der Waals surface area contributed by atoms with Crippen molar-refractivity contribution in [3.63, 3.8) is 0 Å². The summed E-state index contributed by atoms with van der Waals surface area (Å²) in [5.41, 5.74) is 3.75. The van der Waals surface area contributed by atoms with Crippen molar-refractivity contribution < 1.29 is 14.3 Å². The van der Waals surface area contributed by atoms with E-state index in [1.165, 1.54) is 21.6 Å². The van der Waals surface area contributed by atoms with Crippen LogP contribution in [-0.4, -0.2) is 34.6 Å². The van der Waals surface area contributed by atoms with Crippen molar-refractivity contribution in [2.75, 3.05) is 11.5 Å². The molecule has 2 amide bonds. The van der Waals surface area contributed by atoms with Gasteiger partial charge in [0.05, 0.1) is 0 Å². The van der Waals surface area contributed by atoms with E-state index >= 15 is 0 Å². The van der Waals surface area contributed by atoms with Crippen LogP contribution in [0.4, 0.5) is 4.79 Å². The summed E-state index contributed by atoms with van der Waals surface area (Å²) in [6.07, 6.45) is -0.602. The summed E-state index contributed by atoms with van der Waals surface area (Å²) in [6.45, 7) is 5.30. The summed E-state index contributed by atoms with van der Waals surface area (Å²) in [7, 11) is 3.03. The number of ether oxygens (including phenoxy) is 1. The fraction of sp³-hybridized carbons (Fsp3) is 0.778. The van der Waals surface area contributed by atoms with E-state index in [2.05, 4.69) is 5.32 Å². The minimum absolute atomic E-state index is 0.478. The van der Waals surface area contributed by atoms with Crippen molar-refractivity contribution >= 4 is 33.6 Å². The molecule has 0 aromatic rings. The molecule has 5 nitrogen and oxygen atoms in total. The van der Waals surface area contributed by atoms with E-state index in [9.17, 15) is 9.59 Å². The summed E-state index contributed by atoms with van der Waals surface area (Å²) >= 11 is 0. The summed E-state index contributed by atoms with van der Waals surface area (Å²) in [4.78, 5) is 22.9. The van der Waals surface area contributed by atoms with Crippen molar-refractivity contribution in [3.8, 4) is 0 Å². The summed E-state index contributed by atoms with van der Waals surface area (Å²) < 4.78 is 5.10. The molecule has 0 radical (unpaired) electrons. The van der Waals surface area contributed by atoms with Gasteiger partial charge in [0.15, 0.2) is 0 Å². The fourth-order valence-corrected chi connectivity index (χ4v) is 4.14. The van der Waals surface area contributed by atoms with Gasteiger partial charge in [-0.2, -0.15) is 0 Å². The number of alkyl carbamates (subject to hydrolysis) is 1. The predicted octanol–water partition coefficient (Wildman–Crippen LogP) is 1.13. The van der Waals surface area contributed by atoms with E-state index in [0.717, 1.165) is 0 Å². The highest BCUT2D eigenvalue weighted by molar-refractivity contribution is 8.77. The largest absolute Gasteiger partial charge is 0.444 e. The molecular formula is C9H16N2O3S2. The average Bonchev–Trinajstić information content (AvgIpc) is 2.49. The maximum atomic E-state index is 11.6. The zero-order valence-electron chi connectivity index (χ0n) is 9.53. The number of hydrogen-bond acceptors (Lipinski definition) is 5. The van der Waals surface area contributed by atoms with Gasteiger partial charge in [0, 0.05) is 11.5 Å². The number of nitrogens with two attached hydrogens (primary N) is 1. The Morgan fingerprint density at radius 2 is 1.81 bits per heavy atom. The Bertz CT molecular complexity index is 296. The second-order valence-electron chi connectivity index (χ2n) is 4.60. The van der Waals surface area contributed by atoms with Crippen LogP contribution in [0.25, 0.3) is 0 Å². The quantitative estimate of drug-likeness (QED) is 0.731. The van der Waals surface area contributed by atoms with Crippen molar-refractivity contribution in [2.24, 2.45) is 5.73 Å². The molecule has 0 aliphatic carbocycles. The Labute approximate surface area is 103 Å². The number of rotatable bonds is 2. The molecule has 16 heavy (non-hydrogen) atoms. The van der Waals surface area contributed by atoms with Crippen LogP contribution >= 0.6 is 21.6 Å². The first-order valence-electron chi connectivity index (χ1n) is 4.81. The molecule has 0 atom stereocenters. The first kappa shape index (κ1) is 13.5. The van der Waals surface area contributed by atoms with E-state index in [0.29, 0.717) is 11.5 Å². The van der Waals surface area contributed by atoms with E-state index in [4.69, 9.17) is 10.5 Å². The maximum Gasteiger partial charge on any atom is 0.408 e. The molecule has 1 rings (SSSR count). The van der Waals surface area contributed by atoms with Crippen molar-refractivity contribution in [1.29, 1.82) is 0 Å². The second-order valence-corrected chi connectivity index (χ2v) is 7.06. The lowest BCUT2D eigenvalue weighted by atomic mass is 10.1. The Morgan fingerprint density at radius 1 is 1.31 bits per heavy atom. The zero-order valence-corrected chi connectivity index (χ0v) is 11.2. The molecule has 0 spiro atoms. The molecule has 1 aliphatic rings. The molecule has 0 aromatic carbocycles. The first-order valence-corrected chi connectivity index (χ1v) is 7.29. The number of nitrogens with one attached hydrogen (secondary N) is 1. The highest BCUT2D eigenvalue weighted by Crippen LogP contribution is 2.37. The Kier molecular flexibility index (Phi) is 4.01. The Balaban J connectivity index is 2.63. The van der Waals surface area contributed by atoms with E-state index in [1.54, 1.807) is 20.8 Å². The molecule has 1 heterocycles. The lowest BCUT2D eigenvalue weighted by Crippen LogP contribution is -2.60. The molecule has 0 unspecified atom stereocenters. The molecule has 0 bridgehead atoms. The summed E-state index contributed by atoms with van der Waals surface area (Å²) in [5, 5.41) is 2.57. The van der Waals surface area contributed by atoms with Crippen LogP contribution in [0.15, 0.2) is 0 Å². The third-order valence-corrected chi connectivity index (χ3v) is 4.50. The Morgan fingerprint density at radius 3 is 2.19 bits per heavy atom. The summed E-state index contributed by atoms with van der Waals surface area (Å²) in [6, 6.07) is 0. The second kappa shape index (κ2) is 4.75. The monoisotopic (exact) mass is 264 g/mol. The van der Waals surface area contributed by atoms with Gasteiger partial charge in [0.2, 0.25) is 5.91 Å². The Hall–Kier alpha value is -0.560. The van der Waals surface area contributed by atoms with Gasteiger partial charge in [-0.25, -0.2) is 4.79 Å². The topological polar surface area (TPSA) is 81.4 Å². The molecule has 1 fully saturated rings. The van der Waals surface area contributed by atoms with Crippen LogP contribution in [0.2, 0.25) is 0 Å². The first-order chi connectivity index (χ1) is 7.25. The van der Waals surface area contributed by atoms with Crippen molar-refractivity contribution in [1.82, 2.24) is 5.32 Å². The van der Waals surface area contributed by atoms with Gasteiger partial charge in [-0.15, -0.1) is 0 Å². The zero-order chi connectivity index (χ0) is 12.4. The molecule has 1 saturated heterocycles. The summed E-state index contributed by atoms with van der Waals surface area (Å²) in [5.74, 6) is 0.439. The standard InChI is InChI=1S/C9H16N2O3S2/c1-8(2,3)14-7(13)11-9(6(10)12)4-15-16-5-9/h4-5H2,1-3H3,(H2,10,12)(H,11,13). The smallest absolute Gasteiger partial charge is 0.408 e. The van der Waals surface area contributed by atoms with Crippen LogP contribution in [0.5, 0.6) is 0 Å². The van der Waals surface area contributed by atoms with E-state index in [-0.39, 0.29) is 0 Å². The molecule has 0 aromatic heterocycles. The maximum absolute atomic E-state index is 11.6. The lowest BCUT2D eigenvalue weighted by Gasteiger charge is -2.27. The SMILES string of the molecule is CC(C)(C)OC(=O)NC1(C(N)=O)CSSC1. The number of carbonyl (C=O) groups excluding carboxylic acids is 2. The molecule has 7 heteroatoms. The van der Waals surface area contributed by atoms with Crippen LogP contribution in [-0.2, 0) is 9.53 Å². The van der Waals surface area contributed by atoms with Gasteiger partial charge >= 0.3 is 6.09 Å². The van der Waals surface area contributed by atoms with E-state index < -0.39 is 23.1 Å². The highest BCUT2D eigenvalue weighted by atomic mass is 33.1. The van der Waals surface area contributed by atoms with Crippen molar-refractivity contribution in [3.05, 3.63) is 0 Å². The average molecular weight is 264 g/mol. The van der Waals surface area contributed by atoms with Gasteiger partial charge in [-0.05, 0) is 20.8 Å². The van der Waals surface area contributed by atoms with Gasteiger partial charge < -0.3 is 15.8 Å². The molecule has 3 N–H and O–H groups in total. The minimum Gasteiger partial charge on any atom is -0.444 e. The number of carbonyl (C=O) groups is 2. The lowest BCUT2D eigenvalue weighted by molar-refractivity contribution is -0.122. The fourth-order valence-electron chi connectivity index (χ4n) is 1.10. The predicted molar refractivity (Wildman–Crippen MR) is 66.2 cm³/mol. The van der Waals surface area contributed by atoms with Crippen molar-refractivity contribution in [2.45, 2.75) is 31.9 Å². The van der Waals surface area contributed by atoms with E-state index in [1.807, 2.05) is 0 Å².